The third-order valence-corrected chi connectivity index (χ3v) is 5.50. The van der Waals surface area contributed by atoms with Crippen molar-refractivity contribution < 1.29 is 9.18 Å². The van der Waals surface area contributed by atoms with Crippen LogP contribution in [-0.2, 0) is 10.5 Å². The van der Waals surface area contributed by atoms with Gasteiger partial charge in [0.15, 0.2) is 4.34 Å². The van der Waals surface area contributed by atoms with Crippen molar-refractivity contribution in [2.24, 2.45) is 0 Å². The topological polar surface area (TPSA) is 54.9 Å². The molecular weight excluding hydrogens is 393 g/mol. The number of carbonyl (C=O) groups excluding carboxylic acids is 1. The van der Waals surface area contributed by atoms with Crippen molar-refractivity contribution in [2.45, 2.75) is 10.1 Å². The minimum atomic E-state index is -0.320. The van der Waals surface area contributed by atoms with E-state index in [4.69, 9.17) is 11.6 Å². The monoisotopic (exact) mass is 405 g/mol. The van der Waals surface area contributed by atoms with Crippen LogP contribution in [0.15, 0.2) is 58.9 Å². The van der Waals surface area contributed by atoms with Gasteiger partial charge in [0.25, 0.3) is 0 Å². The Kier molecular flexibility index (Phi) is 6.38. The second-order valence-electron chi connectivity index (χ2n) is 5.16. The minimum absolute atomic E-state index is 0.316. The average molecular weight is 406 g/mol. The summed E-state index contributed by atoms with van der Waals surface area (Å²) in [6.07, 6.45) is 2.97. The Morgan fingerprint density at radius 3 is 2.62 bits per heavy atom. The number of aromatic nitrogens is 2. The fourth-order valence-electron chi connectivity index (χ4n) is 1.94. The second-order valence-corrected chi connectivity index (χ2v) is 7.80. The van der Waals surface area contributed by atoms with E-state index in [-0.39, 0.29) is 11.7 Å². The molecule has 0 aliphatic carbocycles. The highest BCUT2D eigenvalue weighted by molar-refractivity contribution is 8.00. The molecule has 0 aliphatic heterocycles. The number of hydrogen-bond donors (Lipinski definition) is 1. The van der Waals surface area contributed by atoms with Gasteiger partial charge in [0.1, 0.15) is 5.82 Å². The van der Waals surface area contributed by atoms with Crippen LogP contribution in [0, 0.1) is 5.82 Å². The SMILES string of the molecule is O=C(/C=C/c1ccc(F)cc1)Nc1nnc(SCc2ccc(Cl)cc2)s1. The highest BCUT2D eigenvalue weighted by atomic mass is 35.5. The van der Waals surface area contributed by atoms with Crippen LogP contribution in [-0.4, -0.2) is 16.1 Å². The molecule has 1 amide bonds. The zero-order valence-corrected chi connectivity index (χ0v) is 15.7. The van der Waals surface area contributed by atoms with Gasteiger partial charge in [-0.3, -0.25) is 10.1 Å². The predicted molar refractivity (Wildman–Crippen MR) is 105 cm³/mol. The van der Waals surface area contributed by atoms with E-state index in [1.165, 1.54) is 41.3 Å². The number of halogens is 2. The summed E-state index contributed by atoms with van der Waals surface area (Å²) in [5.41, 5.74) is 1.86. The van der Waals surface area contributed by atoms with Gasteiger partial charge in [-0.25, -0.2) is 4.39 Å². The molecule has 3 aromatic rings. The molecule has 0 atom stereocenters. The Balaban J connectivity index is 1.51. The fraction of sp³-hybridized carbons (Fsp3) is 0.0556. The molecule has 4 nitrogen and oxygen atoms in total. The number of thioether (sulfide) groups is 1. The molecule has 132 valence electrons. The summed E-state index contributed by atoms with van der Waals surface area (Å²) in [6, 6.07) is 13.5. The maximum atomic E-state index is 12.8. The van der Waals surface area contributed by atoms with Crippen molar-refractivity contribution in [1.82, 2.24) is 10.2 Å². The number of amides is 1. The van der Waals surface area contributed by atoms with Crippen LogP contribution in [0.2, 0.25) is 5.02 Å². The minimum Gasteiger partial charge on any atom is -0.297 e. The normalized spacial score (nSPS) is 11.0. The Bertz CT molecular complexity index is 911. The van der Waals surface area contributed by atoms with Crippen molar-refractivity contribution in [3.8, 4) is 0 Å². The zero-order valence-electron chi connectivity index (χ0n) is 13.4. The van der Waals surface area contributed by atoms with E-state index in [1.807, 2.05) is 24.3 Å². The number of nitrogens with zero attached hydrogens (tertiary/aromatic N) is 2. The second kappa shape index (κ2) is 8.93. The lowest BCUT2D eigenvalue weighted by Gasteiger charge is -1.98. The highest BCUT2D eigenvalue weighted by Crippen LogP contribution is 2.28. The first kappa shape index (κ1) is 18.6. The molecule has 8 heteroatoms. The van der Waals surface area contributed by atoms with Crippen LogP contribution in [0.5, 0.6) is 0 Å². The lowest BCUT2D eigenvalue weighted by molar-refractivity contribution is -0.111. The summed E-state index contributed by atoms with van der Waals surface area (Å²) in [6.45, 7) is 0. The van der Waals surface area contributed by atoms with Gasteiger partial charge in [0.05, 0.1) is 0 Å². The number of anilines is 1. The zero-order chi connectivity index (χ0) is 18.4. The summed E-state index contributed by atoms with van der Waals surface area (Å²) >= 11 is 8.71. The largest absolute Gasteiger partial charge is 0.297 e. The predicted octanol–water partition coefficient (Wildman–Crippen LogP) is 5.27. The van der Waals surface area contributed by atoms with Crippen molar-refractivity contribution in [2.75, 3.05) is 5.32 Å². The molecule has 0 bridgehead atoms. The van der Waals surface area contributed by atoms with E-state index in [2.05, 4.69) is 15.5 Å². The quantitative estimate of drug-likeness (QED) is 0.344. The van der Waals surface area contributed by atoms with E-state index in [0.29, 0.717) is 10.2 Å². The molecule has 2 aromatic carbocycles. The summed E-state index contributed by atoms with van der Waals surface area (Å²) in [5.74, 6) is 0.105. The number of nitrogens with one attached hydrogen (secondary N) is 1. The molecule has 0 aliphatic rings. The lowest BCUT2D eigenvalue weighted by atomic mass is 10.2. The van der Waals surface area contributed by atoms with Gasteiger partial charge >= 0.3 is 0 Å². The van der Waals surface area contributed by atoms with Gasteiger partial charge in [-0.2, -0.15) is 0 Å². The third kappa shape index (κ3) is 5.66. The summed E-state index contributed by atoms with van der Waals surface area (Å²) in [7, 11) is 0. The first-order chi connectivity index (χ1) is 12.6. The summed E-state index contributed by atoms with van der Waals surface area (Å²) < 4.78 is 13.6. The van der Waals surface area contributed by atoms with Gasteiger partial charge < -0.3 is 0 Å². The van der Waals surface area contributed by atoms with Crippen molar-refractivity contribution in [3.05, 3.63) is 76.6 Å². The van der Waals surface area contributed by atoms with Crippen molar-refractivity contribution in [3.63, 3.8) is 0 Å². The van der Waals surface area contributed by atoms with E-state index in [0.717, 1.165) is 21.2 Å². The molecule has 0 unspecified atom stereocenters. The van der Waals surface area contributed by atoms with E-state index < -0.39 is 0 Å². The highest BCUT2D eigenvalue weighted by Gasteiger charge is 2.07. The van der Waals surface area contributed by atoms with E-state index in [1.54, 1.807) is 18.2 Å². The maximum absolute atomic E-state index is 12.8. The molecule has 1 N–H and O–H groups in total. The molecule has 26 heavy (non-hydrogen) atoms. The van der Waals surface area contributed by atoms with Crippen LogP contribution in [0.4, 0.5) is 9.52 Å². The van der Waals surface area contributed by atoms with Crippen LogP contribution < -0.4 is 5.32 Å². The van der Waals surface area contributed by atoms with Gasteiger partial charge in [0.2, 0.25) is 11.0 Å². The molecule has 1 aromatic heterocycles. The van der Waals surface area contributed by atoms with E-state index >= 15 is 0 Å². The van der Waals surface area contributed by atoms with Crippen LogP contribution >= 0.6 is 34.7 Å². The fourth-order valence-corrected chi connectivity index (χ4v) is 3.77. The van der Waals surface area contributed by atoms with E-state index in [9.17, 15) is 9.18 Å². The standard InChI is InChI=1S/C18H13ClFN3OS2/c19-14-6-1-13(2-7-14)11-25-18-23-22-17(26-18)21-16(24)10-5-12-3-8-15(20)9-4-12/h1-10H,11H2,(H,21,22,24)/b10-5+. The summed E-state index contributed by atoms with van der Waals surface area (Å²) in [4.78, 5) is 11.9. The number of rotatable bonds is 6. The first-order valence-electron chi connectivity index (χ1n) is 7.54. The van der Waals surface area contributed by atoms with Gasteiger partial charge in [-0.15, -0.1) is 10.2 Å². The van der Waals surface area contributed by atoms with Crippen molar-refractivity contribution >= 4 is 51.8 Å². The Labute approximate surface area is 163 Å². The van der Waals surface area contributed by atoms with Gasteiger partial charge in [-0.1, -0.05) is 59.0 Å². The molecule has 0 fully saturated rings. The van der Waals surface area contributed by atoms with Gasteiger partial charge in [0, 0.05) is 16.9 Å². The number of benzene rings is 2. The average Bonchev–Trinajstić information content (AvgIpc) is 3.08. The number of carbonyl (C=O) groups is 1. The summed E-state index contributed by atoms with van der Waals surface area (Å²) in [5, 5.41) is 11.8. The van der Waals surface area contributed by atoms with Crippen molar-refractivity contribution in [1.29, 1.82) is 0 Å². The molecule has 0 spiro atoms. The molecule has 0 radical (unpaired) electrons. The maximum Gasteiger partial charge on any atom is 0.250 e. The molecule has 1 heterocycles. The third-order valence-electron chi connectivity index (χ3n) is 3.21. The van der Waals surface area contributed by atoms with Crippen LogP contribution in [0.3, 0.4) is 0 Å². The smallest absolute Gasteiger partial charge is 0.250 e. The number of hydrogen-bond acceptors (Lipinski definition) is 5. The molecule has 0 saturated heterocycles. The molecular formula is C18H13ClFN3OS2. The molecule has 0 saturated carbocycles. The molecule has 3 rings (SSSR count). The van der Waals surface area contributed by atoms with Crippen LogP contribution in [0.25, 0.3) is 6.08 Å². The van der Waals surface area contributed by atoms with Crippen LogP contribution in [0.1, 0.15) is 11.1 Å². The lowest BCUT2D eigenvalue weighted by Crippen LogP contribution is -2.07. The first-order valence-corrected chi connectivity index (χ1v) is 9.72. The van der Waals surface area contributed by atoms with Gasteiger partial charge in [-0.05, 0) is 41.5 Å². The Hall–Kier alpha value is -2.22. The Morgan fingerprint density at radius 1 is 1.15 bits per heavy atom. The Morgan fingerprint density at radius 2 is 1.88 bits per heavy atom.